The van der Waals surface area contributed by atoms with Gasteiger partial charge in [0.25, 0.3) is 0 Å². The van der Waals surface area contributed by atoms with Crippen LogP contribution in [0.2, 0.25) is 0 Å². The molecule has 2 aromatic heterocycles. The van der Waals surface area contributed by atoms with E-state index in [1.807, 2.05) is 30.9 Å². The minimum Gasteiger partial charge on any atom is -0.359 e. The molecule has 0 aromatic carbocycles. The third-order valence-corrected chi connectivity index (χ3v) is 2.49. The van der Waals surface area contributed by atoms with Gasteiger partial charge in [-0.1, -0.05) is 19.0 Å². The number of nitrogens with zero attached hydrogens (tertiary/aromatic N) is 3. The van der Waals surface area contributed by atoms with Gasteiger partial charge in [-0.05, 0) is 25.3 Å². The van der Waals surface area contributed by atoms with Crippen molar-refractivity contribution in [1.82, 2.24) is 14.9 Å². The van der Waals surface area contributed by atoms with E-state index in [4.69, 9.17) is 4.52 Å². The summed E-state index contributed by atoms with van der Waals surface area (Å²) in [6.07, 6.45) is 3.91. The Bertz CT molecular complexity index is 448. The Kier molecular flexibility index (Phi) is 2.34. The molecule has 0 aliphatic rings. The zero-order valence-electron chi connectivity index (χ0n) is 9.48. The fourth-order valence-corrected chi connectivity index (χ4v) is 1.56. The molecule has 0 radical (unpaired) electrons. The predicted octanol–water partition coefficient (Wildman–Crippen LogP) is 2.60. The van der Waals surface area contributed by atoms with E-state index < -0.39 is 0 Å². The largest absolute Gasteiger partial charge is 0.359 e. The van der Waals surface area contributed by atoms with Crippen LogP contribution < -0.4 is 0 Å². The average molecular weight is 205 g/mol. The third kappa shape index (κ3) is 1.67. The molecule has 2 aromatic rings. The second-order valence-corrected chi connectivity index (χ2v) is 4.05. The van der Waals surface area contributed by atoms with E-state index in [0.717, 1.165) is 17.1 Å². The summed E-state index contributed by atoms with van der Waals surface area (Å²) in [4.78, 5) is 0. The molecule has 4 heteroatoms. The van der Waals surface area contributed by atoms with E-state index in [1.165, 1.54) is 5.56 Å². The van der Waals surface area contributed by atoms with Crippen molar-refractivity contribution in [2.75, 3.05) is 0 Å². The number of aromatic nitrogens is 3. The Morgan fingerprint density at radius 2 is 2.07 bits per heavy atom. The molecule has 0 spiro atoms. The summed E-state index contributed by atoms with van der Waals surface area (Å²) in [7, 11) is 0. The monoisotopic (exact) mass is 205 g/mol. The van der Waals surface area contributed by atoms with Crippen LogP contribution in [0.1, 0.15) is 36.8 Å². The van der Waals surface area contributed by atoms with Gasteiger partial charge in [0.1, 0.15) is 11.4 Å². The minimum atomic E-state index is 0.485. The lowest BCUT2D eigenvalue weighted by atomic mass is 10.1. The van der Waals surface area contributed by atoms with E-state index in [-0.39, 0.29) is 0 Å². The second-order valence-electron chi connectivity index (χ2n) is 4.05. The zero-order chi connectivity index (χ0) is 11.0. The number of rotatable bonds is 2. The average Bonchev–Trinajstić information content (AvgIpc) is 2.73. The van der Waals surface area contributed by atoms with Gasteiger partial charge in [0.05, 0.1) is 6.20 Å². The van der Waals surface area contributed by atoms with E-state index in [1.54, 1.807) is 0 Å². The lowest BCUT2D eigenvalue weighted by Gasteiger charge is -1.99. The molecule has 2 rings (SSSR count). The molecule has 0 saturated heterocycles. The van der Waals surface area contributed by atoms with Gasteiger partial charge in [0, 0.05) is 6.20 Å². The summed E-state index contributed by atoms with van der Waals surface area (Å²) >= 11 is 0. The number of hydrogen-bond donors (Lipinski definition) is 0. The third-order valence-electron chi connectivity index (χ3n) is 2.49. The Labute approximate surface area is 88.9 Å². The summed E-state index contributed by atoms with van der Waals surface area (Å²) in [5.41, 5.74) is 3.03. The predicted molar refractivity (Wildman–Crippen MR) is 57.2 cm³/mol. The molecule has 0 saturated carbocycles. The van der Waals surface area contributed by atoms with Crippen LogP contribution in [0.5, 0.6) is 0 Å². The van der Waals surface area contributed by atoms with Gasteiger partial charge in [-0.3, -0.25) is 0 Å². The lowest BCUT2D eigenvalue weighted by Crippen LogP contribution is -1.96. The summed E-state index contributed by atoms with van der Waals surface area (Å²) < 4.78 is 6.94. The van der Waals surface area contributed by atoms with E-state index >= 15 is 0 Å². The Morgan fingerprint density at radius 3 is 2.53 bits per heavy atom. The zero-order valence-corrected chi connectivity index (χ0v) is 9.48. The van der Waals surface area contributed by atoms with Crippen LogP contribution in [0.4, 0.5) is 0 Å². The van der Waals surface area contributed by atoms with Crippen LogP contribution in [-0.4, -0.2) is 14.9 Å². The molecule has 0 bridgehead atoms. The molecular weight excluding hydrogens is 190 g/mol. The standard InChI is InChI=1S/C11H15N3O/c1-7(2)10-5-12-14(6-10)11-8(3)13-15-9(11)4/h5-7H,1-4H3. The first-order chi connectivity index (χ1) is 7.09. The van der Waals surface area contributed by atoms with Crippen LogP contribution in [0.15, 0.2) is 16.9 Å². The SMILES string of the molecule is Cc1noc(C)c1-n1cc(C(C)C)cn1. The highest BCUT2D eigenvalue weighted by Crippen LogP contribution is 2.20. The quantitative estimate of drug-likeness (QED) is 0.756. The van der Waals surface area contributed by atoms with Crippen LogP contribution >= 0.6 is 0 Å². The van der Waals surface area contributed by atoms with Crippen molar-refractivity contribution in [3.8, 4) is 5.69 Å². The summed E-state index contributed by atoms with van der Waals surface area (Å²) in [5.74, 6) is 1.28. The van der Waals surface area contributed by atoms with Crippen molar-refractivity contribution in [2.24, 2.45) is 0 Å². The molecule has 0 aliphatic heterocycles. The molecule has 15 heavy (non-hydrogen) atoms. The van der Waals surface area contributed by atoms with E-state index in [2.05, 4.69) is 24.1 Å². The van der Waals surface area contributed by atoms with Gasteiger partial charge in [-0.2, -0.15) is 5.10 Å². The molecule has 4 nitrogen and oxygen atoms in total. The lowest BCUT2D eigenvalue weighted by molar-refractivity contribution is 0.392. The van der Waals surface area contributed by atoms with Crippen molar-refractivity contribution < 1.29 is 4.52 Å². The summed E-state index contributed by atoms with van der Waals surface area (Å²) in [5, 5.41) is 8.23. The summed E-state index contributed by atoms with van der Waals surface area (Å²) in [6, 6.07) is 0. The van der Waals surface area contributed by atoms with Crippen molar-refractivity contribution in [2.45, 2.75) is 33.6 Å². The number of hydrogen-bond acceptors (Lipinski definition) is 3. The van der Waals surface area contributed by atoms with Crippen LogP contribution in [0.25, 0.3) is 5.69 Å². The topological polar surface area (TPSA) is 43.9 Å². The first-order valence-electron chi connectivity index (χ1n) is 5.07. The van der Waals surface area contributed by atoms with E-state index in [0.29, 0.717) is 5.92 Å². The second kappa shape index (κ2) is 3.53. The van der Waals surface area contributed by atoms with Crippen LogP contribution in [0.3, 0.4) is 0 Å². The summed E-state index contributed by atoms with van der Waals surface area (Å²) in [6.45, 7) is 8.11. The maximum absolute atomic E-state index is 5.11. The highest BCUT2D eigenvalue weighted by molar-refractivity contribution is 5.38. The van der Waals surface area contributed by atoms with Crippen LogP contribution in [-0.2, 0) is 0 Å². The van der Waals surface area contributed by atoms with Crippen molar-refractivity contribution in [3.63, 3.8) is 0 Å². The highest BCUT2D eigenvalue weighted by atomic mass is 16.5. The van der Waals surface area contributed by atoms with Crippen molar-refractivity contribution in [3.05, 3.63) is 29.4 Å². The molecular formula is C11H15N3O. The molecule has 0 atom stereocenters. The molecule has 0 unspecified atom stereocenters. The Hall–Kier alpha value is -1.58. The molecule has 0 amide bonds. The molecule has 0 aliphatic carbocycles. The van der Waals surface area contributed by atoms with Gasteiger partial charge < -0.3 is 4.52 Å². The fraction of sp³-hybridized carbons (Fsp3) is 0.455. The maximum atomic E-state index is 5.11. The maximum Gasteiger partial charge on any atom is 0.159 e. The Balaban J connectivity index is 2.46. The van der Waals surface area contributed by atoms with Crippen molar-refractivity contribution in [1.29, 1.82) is 0 Å². The van der Waals surface area contributed by atoms with Crippen LogP contribution in [0, 0.1) is 13.8 Å². The molecule has 2 heterocycles. The van der Waals surface area contributed by atoms with Gasteiger partial charge >= 0.3 is 0 Å². The fourth-order valence-electron chi connectivity index (χ4n) is 1.56. The van der Waals surface area contributed by atoms with Gasteiger partial charge in [-0.25, -0.2) is 4.68 Å². The normalized spacial score (nSPS) is 11.3. The Morgan fingerprint density at radius 1 is 1.33 bits per heavy atom. The highest BCUT2D eigenvalue weighted by Gasteiger charge is 2.12. The smallest absolute Gasteiger partial charge is 0.159 e. The van der Waals surface area contributed by atoms with Gasteiger partial charge in [0.15, 0.2) is 5.76 Å². The number of aryl methyl sites for hydroxylation is 2. The van der Waals surface area contributed by atoms with Gasteiger partial charge in [0.2, 0.25) is 0 Å². The molecule has 0 fully saturated rings. The van der Waals surface area contributed by atoms with E-state index in [9.17, 15) is 0 Å². The minimum absolute atomic E-state index is 0.485. The molecule has 0 N–H and O–H groups in total. The first-order valence-corrected chi connectivity index (χ1v) is 5.07. The molecule has 80 valence electrons. The van der Waals surface area contributed by atoms with Crippen molar-refractivity contribution >= 4 is 0 Å². The first kappa shape index (κ1) is 9.96. The van der Waals surface area contributed by atoms with Gasteiger partial charge in [-0.15, -0.1) is 0 Å².